The van der Waals surface area contributed by atoms with Crippen LogP contribution in [-0.4, -0.2) is 14.8 Å². The van der Waals surface area contributed by atoms with Crippen LogP contribution < -0.4 is 11.1 Å². The Balaban J connectivity index is 2.11. The van der Waals surface area contributed by atoms with Crippen molar-refractivity contribution in [2.24, 2.45) is 5.73 Å². The van der Waals surface area contributed by atoms with Gasteiger partial charge in [0.2, 0.25) is 5.95 Å². The van der Waals surface area contributed by atoms with Crippen molar-refractivity contribution in [1.82, 2.24) is 14.8 Å². The van der Waals surface area contributed by atoms with Gasteiger partial charge in [-0.3, -0.25) is 0 Å². The number of nitrogens with zero attached hydrogens (tertiary/aromatic N) is 4. The number of hydrogen-bond acceptors (Lipinski definition) is 5. The number of aromatic nitrogens is 3. The maximum atomic E-state index is 9.32. The molecule has 0 bridgehead atoms. The van der Waals surface area contributed by atoms with Crippen LogP contribution in [0.4, 0.5) is 5.95 Å². The van der Waals surface area contributed by atoms with Crippen molar-refractivity contribution >= 4 is 11.8 Å². The highest BCUT2D eigenvalue weighted by molar-refractivity contribution is 5.65. The first-order valence-electron chi connectivity index (χ1n) is 5.84. The van der Waals surface area contributed by atoms with E-state index in [0.717, 1.165) is 11.1 Å². The van der Waals surface area contributed by atoms with Gasteiger partial charge in [0.25, 0.3) is 0 Å². The summed E-state index contributed by atoms with van der Waals surface area (Å²) in [6.45, 7) is 2.02. The van der Waals surface area contributed by atoms with Crippen molar-refractivity contribution in [3.8, 4) is 6.07 Å². The number of hydrogen-bond donors (Lipinski definition) is 2. The van der Waals surface area contributed by atoms with E-state index in [1.807, 2.05) is 31.2 Å². The van der Waals surface area contributed by atoms with Gasteiger partial charge in [0.1, 0.15) is 18.2 Å². The molecule has 19 heavy (non-hydrogen) atoms. The third kappa shape index (κ3) is 1.72. The summed E-state index contributed by atoms with van der Waals surface area (Å²) in [5, 5.41) is 16.5. The molecule has 0 aliphatic carbocycles. The molecule has 2 heterocycles. The van der Waals surface area contributed by atoms with Crippen molar-refractivity contribution in [3.05, 3.63) is 47.3 Å². The highest BCUT2D eigenvalue weighted by atomic mass is 15.4. The zero-order valence-electron chi connectivity index (χ0n) is 10.3. The van der Waals surface area contributed by atoms with Gasteiger partial charge >= 0.3 is 0 Å². The molecule has 1 aliphatic rings. The molecule has 2 aromatic rings. The summed E-state index contributed by atoms with van der Waals surface area (Å²) in [7, 11) is 0. The fourth-order valence-electron chi connectivity index (χ4n) is 2.11. The van der Waals surface area contributed by atoms with Crippen molar-refractivity contribution in [3.63, 3.8) is 0 Å². The number of benzene rings is 1. The van der Waals surface area contributed by atoms with Crippen LogP contribution in [0.3, 0.4) is 0 Å². The highest BCUT2D eigenvalue weighted by Crippen LogP contribution is 2.32. The summed E-state index contributed by atoms with van der Waals surface area (Å²) in [6, 6.07) is 9.82. The van der Waals surface area contributed by atoms with Crippen LogP contribution in [0.15, 0.2) is 36.2 Å². The Kier molecular flexibility index (Phi) is 2.46. The minimum atomic E-state index is -0.290. The molecule has 0 unspecified atom stereocenters. The molecule has 0 fully saturated rings. The molecule has 1 aromatic heterocycles. The molecule has 1 aliphatic heterocycles. The molecule has 0 amide bonds. The predicted octanol–water partition coefficient (Wildman–Crippen LogP) is 1.40. The Morgan fingerprint density at radius 2 is 2.11 bits per heavy atom. The summed E-state index contributed by atoms with van der Waals surface area (Å²) < 4.78 is 1.43. The Morgan fingerprint density at radius 3 is 2.79 bits per heavy atom. The molecule has 0 saturated heterocycles. The number of nitriles is 1. The molecule has 0 spiro atoms. The fourth-order valence-corrected chi connectivity index (χ4v) is 2.11. The lowest BCUT2D eigenvalue weighted by Crippen LogP contribution is -2.27. The van der Waals surface area contributed by atoms with Crippen LogP contribution >= 0.6 is 0 Å². The molecular formula is C13H12N6. The fraction of sp³-hybridized carbons (Fsp3) is 0.154. The van der Waals surface area contributed by atoms with Gasteiger partial charge in [0.05, 0.1) is 11.6 Å². The molecular weight excluding hydrogens is 240 g/mol. The summed E-state index contributed by atoms with van der Waals surface area (Å²) in [6.07, 6.45) is 1.40. The van der Waals surface area contributed by atoms with Crippen molar-refractivity contribution in [2.75, 3.05) is 5.32 Å². The molecule has 6 nitrogen and oxygen atoms in total. The van der Waals surface area contributed by atoms with Crippen molar-refractivity contribution in [2.45, 2.75) is 13.0 Å². The maximum Gasteiger partial charge on any atom is 0.228 e. The third-order valence-electron chi connectivity index (χ3n) is 3.15. The summed E-state index contributed by atoms with van der Waals surface area (Å²) in [4.78, 5) is 4.09. The standard InChI is InChI=1S/C13H12N6/c1-8-2-4-9(5-3-8)11-10(6-14)12(15)19-13(18-11)16-7-17-19/h2-5,7,11H,15H2,1H3,(H,16,17,18)/t11-/m1/s1. The van der Waals surface area contributed by atoms with E-state index >= 15 is 0 Å². The van der Waals surface area contributed by atoms with Gasteiger partial charge in [-0.15, -0.1) is 0 Å². The number of rotatable bonds is 1. The SMILES string of the molecule is Cc1ccc([C@H]2Nc3ncnn3C(N)=C2C#N)cc1. The molecule has 6 heteroatoms. The first kappa shape index (κ1) is 11.3. The van der Waals surface area contributed by atoms with Crippen LogP contribution in [0.25, 0.3) is 5.82 Å². The van der Waals surface area contributed by atoms with Crippen LogP contribution in [0, 0.1) is 18.3 Å². The van der Waals surface area contributed by atoms with E-state index in [0.29, 0.717) is 17.3 Å². The molecule has 3 N–H and O–H groups in total. The van der Waals surface area contributed by atoms with E-state index in [4.69, 9.17) is 5.73 Å². The predicted molar refractivity (Wildman–Crippen MR) is 70.6 cm³/mol. The number of fused-ring (bicyclic) bond motifs is 1. The molecule has 3 rings (SSSR count). The molecule has 1 aromatic carbocycles. The minimum Gasteiger partial charge on any atom is -0.383 e. The normalized spacial score (nSPS) is 17.6. The van der Waals surface area contributed by atoms with E-state index in [-0.39, 0.29) is 6.04 Å². The zero-order valence-corrected chi connectivity index (χ0v) is 10.3. The van der Waals surface area contributed by atoms with Crippen LogP contribution in [0.5, 0.6) is 0 Å². The average molecular weight is 252 g/mol. The molecule has 0 radical (unpaired) electrons. The molecule has 1 atom stereocenters. The second-order valence-corrected chi connectivity index (χ2v) is 4.39. The third-order valence-corrected chi connectivity index (χ3v) is 3.15. The van der Waals surface area contributed by atoms with Crippen LogP contribution in [0.1, 0.15) is 17.2 Å². The van der Waals surface area contributed by atoms with Gasteiger partial charge in [-0.1, -0.05) is 29.8 Å². The smallest absolute Gasteiger partial charge is 0.228 e. The first-order chi connectivity index (χ1) is 9.20. The lowest BCUT2D eigenvalue weighted by molar-refractivity contribution is 0.794. The Labute approximate surface area is 110 Å². The van der Waals surface area contributed by atoms with Crippen LogP contribution in [-0.2, 0) is 0 Å². The quantitative estimate of drug-likeness (QED) is 0.800. The largest absolute Gasteiger partial charge is 0.383 e. The number of aryl methyl sites for hydroxylation is 1. The Bertz CT molecular complexity index is 689. The second kappa shape index (κ2) is 4.14. The van der Waals surface area contributed by atoms with Crippen molar-refractivity contribution in [1.29, 1.82) is 5.26 Å². The Morgan fingerprint density at radius 1 is 1.37 bits per heavy atom. The highest BCUT2D eigenvalue weighted by Gasteiger charge is 2.28. The van der Waals surface area contributed by atoms with Gasteiger partial charge in [0, 0.05) is 0 Å². The van der Waals surface area contributed by atoms with Crippen LogP contribution in [0.2, 0.25) is 0 Å². The second-order valence-electron chi connectivity index (χ2n) is 4.39. The van der Waals surface area contributed by atoms with E-state index in [2.05, 4.69) is 21.5 Å². The summed E-state index contributed by atoms with van der Waals surface area (Å²) >= 11 is 0. The Hall–Kier alpha value is -2.81. The van der Waals surface area contributed by atoms with Gasteiger partial charge in [-0.05, 0) is 12.5 Å². The average Bonchev–Trinajstić information content (AvgIpc) is 2.88. The first-order valence-corrected chi connectivity index (χ1v) is 5.84. The van der Waals surface area contributed by atoms with Gasteiger partial charge < -0.3 is 11.1 Å². The lowest BCUT2D eigenvalue weighted by Gasteiger charge is -2.25. The van der Waals surface area contributed by atoms with Gasteiger partial charge in [-0.25, -0.2) is 0 Å². The van der Waals surface area contributed by atoms with Gasteiger partial charge in [0.15, 0.2) is 0 Å². The molecule has 0 saturated carbocycles. The van der Waals surface area contributed by atoms with E-state index in [1.165, 1.54) is 11.0 Å². The number of anilines is 1. The van der Waals surface area contributed by atoms with Gasteiger partial charge in [-0.2, -0.15) is 20.0 Å². The lowest BCUT2D eigenvalue weighted by atomic mass is 9.97. The van der Waals surface area contributed by atoms with Crippen molar-refractivity contribution < 1.29 is 0 Å². The maximum absolute atomic E-state index is 9.32. The minimum absolute atomic E-state index is 0.290. The summed E-state index contributed by atoms with van der Waals surface area (Å²) in [5.74, 6) is 0.862. The van der Waals surface area contributed by atoms with E-state index < -0.39 is 0 Å². The topological polar surface area (TPSA) is 92.6 Å². The number of nitrogens with one attached hydrogen (secondary N) is 1. The van der Waals surface area contributed by atoms with E-state index in [9.17, 15) is 5.26 Å². The number of nitrogens with two attached hydrogens (primary N) is 1. The van der Waals surface area contributed by atoms with E-state index in [1.54, 1.807) is 0 Å². The monoisotopic (exact) mass is 252 g/mol. The summed E-state index contributed by atoms with van der Waals surface area (Å²) in [5.41, 5.74) is 8.56. The zero-order chi connectivity index (χ0) is 13.4. The molecule has 94 valence electrons.